The van der Waals surface area contributed by atoms with Gasteiger partial charge in [-0.05, 0) is 37.8 Å². The van der Waals surface area contributed by atoms with Crippen molar-refractivity contribution in [2.45, 2.75) is 44.2 Å². The van der Waals surface area contributed by atoms with E-state index in [2.05, 4.69) is 15.0 Å². The standard InChI is InChI=1S/C19H22N4O2/c24-18(13-4-7-20-14(11-13)17-21-8-9-22-17)23-12-19(5-2-6-19)16(23)15-3-1-10-25-15/h4,7-9,11,15-16H,1-3,5-6,10,12H2,(H,21,22). The number of nitrogens with one attached hydrogen (secondary N) is 1. The van der Waals surface area contributed by atoms with E-state index in [1.165, 1.54) is 19.3 Å². The van der Waals surface area contributed by atoms with E-state index in [0.717, 1.165) is 26.0 Å². The molecule has 1 N–H and O–H groups in total. The zero-order valence-electron chi connectivity index (χ0n) is 14.1. The number of hydrogen-bond acceptors (Lipinski definition) is 4. The van der Waals surface area contributed by atoms with Gasteiger partial charge in [-0.15, -0.1) is 0 Å². The summed E-state index contributed by atoms with van der Waals surface area (Å²) in [6.07, 6.45) is 11.3. The third-order valence-corrected chi connectivity index (χ3v) is 6.12. The van der Waals surface area contributed by atoms with E-state index >= 15 is 0 Å². The van der Waals surface area contributed by atoms with E-state index in [1.807, 2.05) is 11.0 Å². The topological polar surface area (TPSA) is 71.1 Å². The minimum Gasteiger partial charge on any atom is -0.376 e. The van der Waals surface area contributed by atoms with Crippen LogP contribution in [0, 0.1) is 5.41 Å². The predicted molar refractivity (Wildman–Crippen MR) is 91.9 cm³/mol. The molecule has 0 aromatic carbocycles. The lowest BCUT2D eigenvalue weighted by Gasteiger charge is -2.63. The van der Waals surface area contributed by atoms with Crippen LogP contribution in [0.15, 0.2) is 30.7 Å². The van der Waals surface area contributed by atoms with Crippen LogP contribution in [0.4, 0.5) is 0 Å². The zero-order valence-corrected chi connectivity index (χ0v) is 14.1. The summed E-state index contributed by atoms with van der Waals surface area (Å²) in [6, 6.07) is 3.88. The molecule has 130 valence electrons. The molecule has 6 heteroatoms. The normalized spacial score (nSPS) is 27.1. The molecular weight excluding hydrogens is 316 g/mol. The number of likely N-dealkylation sites (tertiary alicyclic amines) is 1. The van der Waals surface area contributed by atoms with Crippen LogP contribution in [0.2, 0.25) is 0 Å². The van der Waals surface area contributed by atoms with Crippen molar-refractivity contribution in [2.75, 3.05) is 13.2 Å². The van der Waals surface area contributed by atoms with Crippen LogP contribution >= 0.6 is 0 Å². The Morgan fingerprint density at radius 3 is 2.88 bits per heavy atom. The average molecular weight is 338 g/mol. The number of carbonyl (C=O) groups is 1. The molecule has 2 aromatic rings. The summed E-state index contributed by atoms with van der Waals surface area (Å²) in [5.74, 6) is 0.776. The predicted octanol–water partition coefficient (Wildman–Crippen LogP) is 2.65. The average Bonchev–Trinajstić information content (AvgIpc) is 3.26. The number of nitrogens with zero attached hydrogens (tertiary/aromatic N) is 3. The Morgan fingerprint density at radius 1 is 1.28 bits per heavy atom. The number of hydrogen-bond donors (Lipinski definition) is 1. The van der Waals surface area contributed by atoms with Crippen molar-refractivity contribution in [3.8, 4) is 11.5 Å². The quantitative estimate of drug-likeness (QED) is 0.934. The highest BCUT2D eigenvalue weighted by Gasteiger charge is 2.60. The number of ether oxygens (including phenoxy) is 1. The minimum atomic E-state index is 0.0910. The summed E-state index contributed by atoms with van der Waals surface area (Å²) in [7, 11) is 0. The van der Waals surface area contributed by atoms with E-state index in [-0.39, 0.29) is 18.1 Å². The van der Waals surface area contributed by atoms with Gasteiger partial charge in [-0.25, -0.2) is 4.98 Å². The van der Waals surface area contributed by atoms with Crippen molar-refractivity contribution < 1.29 is 9.53 Å². The second-order valence-corrected chi connectivity index (χ2v) is 7.51. The maximum atomic E-state index is 13.2. The molecule has 2 unspecified atom stereocenters. The van der Waals surface area contributed by atoms with E-state index in [1.54, 1.807) is 24.7 Å². The van der Waals surface area contributed by atoms with Gasteiger partial charge in [0.15, 0.2) is 5.82 Å². The van der Waals surface area contributed by atoms with E-state index < -0.39 is 0 Å². The van der Waals surface area contributed by atoms with Gasteiger partial charge >= 0.3 is 0 Å². The monoisotopic (exact) mass is 338 g/mol. The van der Waals surface area contributed by atoms with Gasteiger partial charge in [-0.2, -0.15) is 0 Å². The van der Waals surface area contributed by atoms with Crippen molar-refractivity contribution in [3.63, 3.8) is 0 Å². The molecule has 3 fully saturated rings. The first kappa shape index (κ1) is 15.1. The van der Waals surface area contributed by atoms with Crippen LogP contribution in [-0.4, -0.2) is 51.1 Å². The zero-order chi connectivity index (χ0) is 16.9. The third kappa shape index (κ3) is 2.31. The fourth-order valence-electron chi connectivity index (χ4n) is 4.74. The highest BCUT2D eigenvalue weighted by molar-refractivity contribution is 5.96. The van der Waals surface area contributed by atoms with E-state index in [0.29, 0.717) is 22.5 Å². The number of aromatic amines is 1. The van der Waals surface area contributed by atoms with Gasteiger partial charge in [0, 0.05) is 42.7 Å². The number of aromatic nitrogens is 3. The number of pyridine rings is 1. The molecule has 1 amide bonds. The van der Waals surface area contributed by atoms with Crippen LogP contribution < -0.4 is 0 Å². The lowest BCUT2D eigenvalue weighted by Crippen LogP contribution is -2.72. The molecule has 0 bridgehead atoms. The van der Waals surface area contributed by atoms with Gasteiger partial charge in [0.1, 0.15) is 5.69 Å². The molecule has 1 spiro atoms. The first-order chi connectivity index (χ1) is 12.3. The number of imidazole rings is 1. The third-order valence-electron chi connectivity index (χ3n) is 6.12. The molecule has 2 aliphatic heterocycles. The fourth-order valence-corrected chi connectivity index (χ4v) is 4.74. The molecule has 3 aliphatic rings. The number of rotatable bonds is 3. The highest BCUT2D eigenvalue weighted by Crippen LogP contribution is 2.55. The van der Waals surface area contributed by atoms with Gasteiger partial charge in [-0.1, -0.05) is 6.42 Å². The van der Waals surface area contributed by atoms with Crippen molar-refractivity contribution in [1.82, 2.24) is 19.9 Å². The van der Waals surface area contributed by atoms with Gasteiger partial charge in [0.25, 0.3) is 5.91 Å². The Kier molecular flexibility index (Phi) is 3.41. The lowest BCUT2D eigenvalue weighted by atomic mass is 9.56. The lowest BCUT2D eigenvalue weighted by molar-refractivity contribution is -0.150. The summed E-state index contributed by atoms with van der Waals surface area (Å²) >= 11 is 0. The number of amides is 1. The van der Waals surface area contributed by atoms with Crippen molar-refractivity contribution >= 4 is 5.91 Å². The second-order valence-electron chi connectivity index (χ2n) is 7.51. The van der Waals surface area contributed by atoms with Crippen LogP contribution in [0.5, 0.6) is 0 Å². The summed E-state index contributed by atoms with van der Waals surface area (Å²) in [5.41, 5.74) is 1.70. The fraction of sp³-hybridized carbons (Fsp3) is 0.526. The Hall–Kier alpha value is -2.21. The molecule has 4 heterocycles. The van der Waals surface area contributed by atoms with Crippen molar-refractivity contribution in [1.29, 1.82) is 0 Å². The van der Waals surface area contributed by atoms with Crippen molar-refractivity contribution in [2.24, 2.45) is 5.41 Å². The Morgan fingerprint density at radius 2 is 2.20 bits per heavy atom. The van der Waals surface area contributed by atoms with E-state index in [9.17, 15) is 4.79 Å². The highest BCUT2D eigenvalue weighted by atomic mass is 16.5. The van der Waals surface area contributed by atoms with Crippen LogP contribution in [0.1, 0.15) is 42.5 Å². The maximum Gasteiger partial charge on any atom is 0.254 e. The minimum absolute atomic E-state index is 0.0910. The Labute approximate surface area is 146 Å². The molecule has 1 aliphatic carbocycles. The first-order valence-corrected chi connectivity index (χ1v) is 9.15. The molecule has 2 saturated heterocycles. The molecule has 25 heavy (non-hydrogen) atoms. The molecular formula is C19H22N4O2. The summed E-state index contributed by atoms with van der Waals surface area (Å²) in [5, 5.41) is 0. The summed E-state index contributed by atoms with van der Waals surface area (Å²) in [4.78, 5) is 26.8. The van der Waals surface area contributed by atoms with E-state index in [4.69, 9.17) is 4.74 Å². The van der Waals surface area contributed by atoms with Crippen LogP contribution in [0.3, 0.4) is 0 Å². The maximum absolute atomic E-state index is 13.2. The van der Waals surface area contributed by atoms with Crippen LogP contribution in [0.25, 0.3) is 11.5 Å². The molecule has 2 aromatic heterocycles. The molecule has 6 nitrogen and oxygen atoms in total. The number of carbonyl (C=O) groups excluding carboxylic acids is 1. The second kappa shape index (κ2) is 5.66. The molecule has 1 saturated carbocycles. The SMILES string of the molecule is O=C(c1ccnc(-c2ncc[nH]2)c1)N1CC2(CCC2)C1C1CCCO1. The first-order valence-electron chi connectivity index (χ1n) is 9.15. The summed E-state index contributed by atoms with van der Waals surface area (Å²) in [6.45, 7) is 1.70. The Balaban J connectivity index is 1.41. The largest absolute Gasteiger partial charge is 0.376 e. The molecule has 5 rings (SSSR count). The molecule has 2 atom stereocenters. The van der Waals surface area contributed by atoms with Crippen LogP contribution in [-0.2, 0) is 4.74 Å². The smallest absolute Gasteiger partial charge is 0.254 e. The number of H-pyrrole nitrogens is 1. The van der Waals surface area contributed by atoms with Gasteiger partial charge in [0.05, 0.1) is 12.1 Å². The summed E-state index contributed by atoms with van der Waals surface area (Å²) < 4.78 is 5.97. The van der Waals surface area contributed by atoms with Gasteiger partial charge in [0.2, 0.25) is 0 Å². The molecule has 0 radical (unpaired) electrons. The van der Waals surface area contributed by atoms with Crippen molar-refractivity contribution in [3.05, 3.63) is 36.3 Å². The van der Waals surface area contributed by atoms with Gasteiger partial charge in [-0.3, -0.25) is 9.78 Å². The Bertz CT molecular complexity index is 778. The van der Waals surface area contributed by atoms with Gasteiger partial charge < -0.3 is 14.6 Å².